The van der Waals surface area contributed by atoms with Crippen LogP contribution >= 0.6 is 15.9 Å². The Bertz CT molecular complexity index is 550. The molecule has 0 aliphatic rings. The topological polar surface area (TPSA) is 29.9 Å². The summed E-state index contributed by atoms with van der Waals surface area (Å²) in [4.78, 5) is 4.43. The van der Waals surface area contributed by atoms with Crippen LogP contribution in [0.4, 0.5) is 0 Å². The van der Waals surface area contributed by atoms with Crippen LogP contribution in [0.3, 0.4) is 0 Å². The largest absolute Gasteiger partial charge is 0.338 e. The monoisotopic (exact) mass is 349 g/mol. The van der Waals surface area contributed by atoms with Crippen molar-refractivity contribution < 1.29 is 0 Å². The molecule has 1 atom stereocenters. The van der Waals surface area contributed by atoms with Crippen LogP contribution in [0.1, 0.15) is 24.7 Å². The van der Waals surface area contributed by atoms with Crippen molar-refractivity contribution in [2.45, 2.75) is 26.2 Å². The first-order chi connectivity index (χ1) is 10.2. The first-order valence-electron chi connectivity index (χ1n) is 7.61. The first kappa shape index (κ1) is 16.2. The lowest BCUT2D eigenvalue weighted by atomic mass is 9.94. The van der Waals surface area contributed by atoms with E-state index in [0.29, 0.717) is 5.92 Å². The van der Waals surface area contributed by atoms with Crippen LogP contribution in [0.5, 0.6) is 0 Å². The van der Waals surface area contributed by atoms with Gasteiger partial charge >= 0.3 is 0 Å². The molecule has 3 nitrogen and oxygen atoms in total. The highest BCUT2D eigenvalue weighted by Crippen LogP contribution is 2.21. The zero-order chi connectivity index (χ0) is 15.1. The molecule has 0 aliphatic carbocycles. The van der Waals surface area contributed by atoms with Gasteiger partial charge in [-0.15, -0.1) is 0 Å². The van der Waals surface area contributed by atoms with Crippen molar-refractivity contribution in [1.82, 2.24) is 14.9 Å². The Balaban J connectivity index is 1.97. The van der Waals surface area contributed by atoms with E-state index < -0.39 is 0 Å². The van der Waals surface area contributed by atoms with Crippen LogP contribution in [0.2, 0.25) is 0 Å². The van der Waals surface area contributed by atoms with Crippen molar-refractivity contribution in [2.24, 2.45) is 13.0 Å². The van der Waals surface area contributed by atoms with Crippen molar-refractivity contribution in [2.75, 3.05) is 13.1 Å². The fraction of sp³-hybridized carbons (Fsp3) is 0.471. The fourth-order valence-corrected chi connectivity index (χ4v) is 3.02. The zero-order valence-electron chi connectivity index (χ0n) is 12.8. The van der Waals surface area contributed by atoms with Crippen LogP contribution in [-0.2, 0) is 19.9 Å². The molecule has 0 bridgehead atoms. The van der Waals surface area contributed by atoms with Gasteiger partial charge in [-0.05, 0) is 43.5 Å². The number of aromatic nitrogens is 2. The lowest BCUT2D eigenvalue weighted by Crippen LogP contribution is -2.25. The molecule has 4 heteroatoms. The van der Waals surface area contributed by atoms with Gasteiger partial charge in [0, 0.05) is 30.3 Å². The molecular formula is C17H24BrN3. The van der Waals surface area contributed by atoms with E-state index in [-0.39, 0.29) is 0 Å². The number of hydrogen-bond acceptors (Lipinski definition) is 2. The van der Waals surface area contributed by atoms with Crippen molar-refractivity contribution >= 4 is 15.9 Å². The summed E-state index contributed by atoms with van der Waals surface area (Å²) < 4.78 is 3.33. The highest BCUT2D eigenvalue weighted by molar-refractivity contribution is 9.10. The minimum Gasteiger partial charge on any atom is -0.338 e. The molecule has 1 aromatic carbocycles. The summed E-state index contributed by atoms with van der Waals surface area (Å²) in [5.41, 5.74) is 1.39. The Morgan fingerprint density at radius 2 is 2.14 bits per heavy atom. The number of aryl methyl sites for hydroxylation is 2. The van der Waals surface area contributed by atoms with Gasteiger partial charge in [0.05, 0.1) is 0 Å². The van der Waals surface area contributed by atoms with Crippen molar-refractivity contribution in [3.8, 4) is 0 Å². The van der Waals surface area contributed by atoms with E-state index in [1.54, 1.807) is 0 Å². The Morgan fingerprint density at radius 1 is 1.33 bits per heavy atom. The van der Waals surface area contributed by atoms with Gasteiger partial charge in [0.1, 0.15) is 5.82 Å². The van der Waals surface area contributed by atoms with Crippen molar-refractivity contribution in [3.05, 3.63) is 52.5 Å². The SMILES string of the molecule is CCNCC(CCc1nccn1C)Cc1ccccc1Br. The number of nitrogens with zero attached hydrogens (tertiary/aromatic N) is 2. The average Bonchev–Trinajstić information content (AvgIpc) is 2.89. The van der Waals surface area contributed by atoms with Crippen LogP contribution in [0.25, 0.3) is 0 Å². The minimum absolute atomic E-state index is 0.625. The highest BCUT2D eigenvalue weighted by Gasteiger charge is 2.12. The Kier molecular flexibility index (Phi) is 6.46. The molecule has 114 valence electrons. The Labute approximate surface area is 135 Å². The Morgan fingerprint density at radius 3 is 2.81 bits per heavy atom. The third-order valence-electron chi connectivity index (χ3n) is 3.85. The molecule has 0 aliphatic heterocycles. The van der Waals surface area contributed by atoms with E-state index in [9.17, 15) is 0 Å². The Hall–Kier alpha value is -1.13. The maximum Gasteiger partial charge on any atom is 0.108 e. The molecule has 1 N–H and O–H groups in total. The van der Waals surface area contributed by atoms with E-state index in [1.165, 1.54) is 15.9 Å². The molecule has 0 radical (unpaired) electrons. The van der Waals surface area contributed by atoms with Gasteiger partial charge in [-0.2, -0.15) is 0 Å². The molecule has 1 aromatic heterocycles. The predicted octanol–water partition coefficient (Wildman–Crippen LogP) is 3.58. The number of imidazole rings is 1. The van der Waals surface area contributed by atoms with E-state index in [2.05, 4.69) is 69.0 Å². The van der Waals surface area contributed by atoms with E-state index in [1.807, 2.05) is 12.4 Å². The van der Waals surface area contributed by atoms with E-state index in [4.69, 9.17) is 0 Å². The molecule has 0 fully saturated rings. The standard InChI is InChI=1S/C17H24BrN3/c1-3-19-13-14(8-9-17-20-10-11-21(17)2)12-15-6-4-5-7-16(15)18/h4-7,10-11,14,19H,3,8-9,12-13H2,1-2H3. The van der Waals surface area contributed by atoms with Crippen LogP contribution in [-0.4, -0.2) is 22.6 Å². The maximum atomic E-state index is 4.43. The molecule has 1 heterocycles. The number of rotatable bonds is 8. The molecule has 0 spiro atoms. The average molecular weight is 350 g/mol. The van der Waals surface area contributed by atoms with Crippen LogP contribution in [0.15, 0.2) is 41.1 Å². The fourth-order valence-electron chi connectivity index (χ4n) is 2.57. The summed E-state index contributed by atoms with van der Waals surface area (Å²) in [6.07, 6.45) is 7.17. The molecular weight excluding hydrogens is 326 g/mol. The number of nitrogens with one attached hydrogen (secondary N) is 1. The summed E-state index contributed by atoms with van der Waals surface area (Å²) in [6.45, 7) is 4.24. The van der Waals surface area contributed by atoms with E-state index >= 15 is 0 Å². The van der Waals surface area contributed by atoms with Gasteiger partial charge < -0.3 is 9.88 Å². The highest BCUT2D eigenvalue weighted by atomic mass is 79.9. The molecule has 0 amide bonds. The summed E-state index contributed by atoms with van der Waals surface area (Å²) in [5.74, 6) is 1.80. The van der Waals surface area contributed by atoms with Gasteiger partial charge in [0.15, 0.2) is 0 Å². The maximum absolute atomic E-state index is 4.43. The first-order valence-corrected chi connectivity index (χ1v) is 8.40. The lowest BCUT2D eigenvalue weighted by molar-refractivity contribution is 0.442. The van der Waals surface area contributed by atoms with Gasteiger partial charge in [0.2, 0.25) is 0 Å². The zero-order valence-corrected chi connectivity index (χ0v) is 14.4. The second-order valence-electron chi connectivity index (χ2n) is 5.46. The predicted molar refractivity (Wildman–Crippen MR) is 91.4 cm³/mol. The van der Waals surface area contributed by atoms with Gasteiger partial charge in [0.25, 0.3) is 0 Å². The quantitative estimate of drug-likeness (QED) is 0.789. The van der Waals surface area contributed by atoms with E-state index in [0.717, 1.165) is 32.4 Å². The molecule has 0 saturated heterocycles. The smallest absolute Gasteiger partial charge is 0.108 e. The van der Waals surface area contributed by atoms with Gasteiger partial charge in [-0.3, -0.25) is 0 Å². The molecule has 21 heavy (non-hydrogen) atoms. The minimum atomic E-state index is 0.625. The summed E-state index contributed by atoms with van der Waals surface area (Å²) >= 11 is 3.66. The molecule has 1 unspecified atom stereocenters. The summed E-state index contributed by atoms with van der Waals surface area (Å²) in [6, 6.07) is 8.52. The third kappa shape index (κ3) is 4.97. The number of halogens is 1. The molecule has 2 rings (SSSR count). The van der Waals surface area contributed by atoms with Crippen molar-refractivity contribution in [1.29, 1.82) is 0 Å². The number of benzene rings is 1. The van der Waals surface area contributed by atoms with Crippen LogP contribution in [0, 0.1) is 5.92 Å². The second-order valence-corrected chi connectivity index (χ2v) is 6.32. The van der Waals surface area contributed by atoms with Crippen LogP contribution < -0.4 is 5.32 Å². The van der Waals surface area contributed by atoms with Gasteiger partial charge in [-0.1, -0.05) is 41.1 Å². The third-order valence-corrected chi connectivity index (χ3v) is 4.62. The van der Waals surface area contributed by atoms with Crippen molar-refractivity contribution in [3.63, 3.8) is 0 Å². The second kappa shape index (κ2) is 8.35. The molecule has 0 saturated carbocycles. The lowest BCUT2D eigenvalue weighted by Gasteiger charge is -2.18. The normalized spacial score (nSPS) is 12.5. The summed E-state index contributed by atoms with van der Waals surface area (Å²) in [5, 5.41) is 3.49. The summed E-state index contributed by atoms with van der Waals surface area (Å²) in [7, 11) is 2.06. The van der Waals surface area contributed by atoms with Gasteiger partial charge in [-0.25, -0.2) is 4.98 Å². The molecule has 2 aromatic rings. The number of hydrogen-bond donors (Lipinski definition) is 1.